The minimum atomic E-state index is -0.735. The topological polar surface area (TPSA) is 244 Å². The van der Waals surface area contributed by atoms with Gasteiger partial charge >= 0.3 is 65.3 Å². The normalized spacial score (nSPS) is 10.4. The van der Waals surface area contributed by atoms with Crippen molar-refractivity contribution in [3.63, 3.8) is 0 Å². The van der Waals surface area contributed by atoms with Gasteiger partial charge in [-0.25, -0.2) is 24.1 Å². The smallest absolute Gasteiger partial charge is 1.00 e. The zero-order chi connectivity index (χ0) is 36.6. The molecule has 4 aromatic heterocycles. The number of carbonyl (C=O) groups is 2. The van der Waals surface area contributed by atoms with Crippen LogP contribution in [-0.2, 0) is 14.4 Å². The maximum Gasteiger partial charge on any atom is 1.00 e. The van der Waals surface area contributed by atoms with Crippen LogP contribution in [0.3, 0.4) is 0 Å². The van der Waals surface area contributed by atoms with E-state index in [9.17, 15) is 9.90 Å². The number of phenolic OH excluding ortho intramolecular Hbond substituents is 1. The molecule has 53 heavy (non-hydrogen) atoms. The van der Waals surface area contributed by atoms with Gasteiger partial charge in [0.15, 0.2) is 11.6 Å². The van der Waals surface area contributed by atoms with E-state index in [0.29, 0.717) is 41.4 Å². The van der Waals surface area contributed by atoms with Crippen LogP contribution >= 0.6 is 0 Å². The second-order valence-corrected chi connectivity index (χ2v) is 10.6. The van der Waals surface area contributed by atoms with Crippen LogP contribution in [0.4, 0.5) is 4.79 Å². The van der Waals surface area contributed by atoms with Crippen molar-refractivity contribution >= 4 is 37.2 Å². The number of nitrogens with zero attached hydrogens (tertiary/aromatic N) is 10. The van der Waals surface area contributed by atoms with E-state index in [4.69, 9.17) is 28.4 Å². The molecule has 19 nitrogen and oxygen atoms in total. The fourth-order valence-electron chi connectivity index (χ4n) is 3.93. The predicted molar refractivity (Wildman–Crippen MR) is 176 cm³/mol. The van der Waals surface area contributed by atoms with Crippen molar-refractivity contribution in [3.05, 3.63) is 84.7 Å². The summed E-state index contributed by atoms with van der Waals surface area (Å²) in [6, 6.07) is 10.5. The minimum Gasteiger partial charge on any atom is -1.00 e. The van der Waals surface area contributed by atoms with Crippen LogP contribution in [0.25, 0.3) is 47.3 Å². The van der Waals surface area contributed by atoms with Crippen molar-refractivity contribution in [1.29, 1.82) is 0 Å². The van der Waals surface area contributed by atoms with Gasteiger partial charge in [0, 0.05) is 35.7 Å². The molecule has 0 saturated heterocycles. The quantitative estimate of drug-likeness (QED) is 0.0396. The molecule has 0 unspecified atom stereocenters. The second kappa shape index (κ2) is 22.8. The van der Waals surface area contributed by atoms with Gasteiger partial charge in [-0.15, -0.1) is 30.6 Å². The number of aromatic hydroxyl groups is 1. The standard InChI is InChI=1S/C18H19N5O4.C13H11N5O2.CH2O3.2Na.H/c1-12(2)9-25-18(24)27-15-7-13(3)6-14(8-15)17-19-10-23(22-17)5-4-16-21-20-11-26-16;1-9-4-10(6-11(19)5-9)13-14-7-18(17-13)3-2-12-16-15-8-20-12;2-1-4-3;;;/h4-8,10-12H,9H2,1-3H3;2-8,19H,1H3;1,3H;;;/q;;;2*+1;-1/p-1/b5-4-;3-2-;;;;. The number of aryl methyl sites for hydroxylation is 2. The first kappa shape index (κ1) is 44.1. The molecule has 0 saturated carbocycles. The van der Waals surface area contributed by atoms with Crippen molar-refractivity contribution < 1.29 is 104 Å². The van der Waals surface area contributed by atoms with Gasteiger partial charge in [-0.2, -0.15) is 0 Å². The molecule has 0 fully saturated rings. The summed E-state index contributed by atoms with van der Waals surface area (Å²) in [5.41, 5.74) is 3.31. The molecule has 0 radical (unpaired) electrons. The van der Waals surface area contributed by atoms with Crippen LogP contribution < -0.4 is 69.1 Å². The van der Waals surface area contributed by atoms with Crippen molar-refractivity contribution in [2.45, 2.75) is 27.7 Å². The summed E-state index contributed by atoms with van der Waals surface area (Å²) in [5.74, 6) is 2.55. The Kier molecular flexibility index (Phi) is 19.0. The van der Waals surface area contributed by atoms with Crippen LogP contribution in [0.5, 0.6) is 11.5 Å². The molecule has 0 aliphatic heterocycles. The molecule has 266 valence electrons. The maximum atomic E-state index is 11.8. The first-order valence-corrected chi connectivity index (χ1v) is 14.8. The Morgan fingerprint density at radius 3 is 1.83 bits per heavy atom. The largest absolute Gasteiger partial charge is 1.00 e. The van der Waals surface area contributed by atoms with Gasteiger partial charge in [-0.1, -0.05) is 13.8 Å². The van der Waals surface area contributed by atoms with E-state index < -0.39 is 6.16 Å². The fraction of sp³-hybridized carbons (Fsp3) is 0.188. The van der Waals surface area contributed by atoms with Crippen LogP contribution in [0, 0.1) is 19.8 Å². The molecular weight excluding hydrogens is 714 g/mol. The third-order valence-electron chi connectivity index (χ3n) is 5.91. The van der Waals surface area contributed by atoms with Crippen molar-refractivity contribution in [2.75, 3.05) is 6.61 Å². The van der Waals surface area contributed by atoms with Gasteiger partial charge in [-0.3, -0.25) is 4.79 Å². The van der Waals surface area contributed by atoms with E-state index >= 15 is 0 Å². The van der Waals surface area contributed by atoms with E-state index in [2.05, 4.69) is 45.4 Å². The van der Waals surface area contributed by atoms with E-state index in [1.54, 1.807) is 61.5 Å². The molecule has 6 aromatic rings. The number of benzene rings is 2. The molecule has 21 heteroatoms. The van der Waals surface area contributed by atoms with Crippen molar-refractivity contribution in [3.8, 4) is 34.3 Å². The van der Waals surface area contributed by atoms with Crippen LogP contribution in [0.2, 0.25) is 0 Å². The Morgan fingerprint density at radius 1 is 0.868 bits per heavy atom. The average molecular weight is 747 g/mol. The summed E-state index contributed by atoms with van der Waals surface area (Å²) in [6.45, 7) is 7.81. The van der Waals surface area contributed by atoms with E-state index in [-0.39, 0.29) is 78.7 Å². The van der Waals surface area contributed by atoms with E-state index in [1.807, 2.05) is 39.8 Å². The van der Waals surface area contributed by atoms with E-state index in [0.717, 1.165) is 16.7 Å². The van der Waals surface area contributed by atoms with Crippen molar-refractivity contribution in [1.82, 2.24) is 49.9 Å². The summed E-state index contributed by atoms with van der Waals surface area (Å²) in [5, 5.41) is 41.3. The predicted octanol–water partition coefficient (Wildman–Crippen LogP) is -2.04. The van der Waals surface area contributed by atoms with Gasteiger partial charge in [0.05, 0.1) is 6.61 Å². The van der Waals surface area contributed by atoms with Gasteiger partial charge in [-0.05, 0) is 67.3 Å². The fourth-order valence-corrected chi connectivity index (χ4v) is 3.93. The Hall–Kier alpha value is -5.02. The summed E-state index contributed by atoms with van der Waals surface area (Å²) in [6.07, 6.45) is 11.4. The molecule has 0 spiro atoms. The third kappa shape index (κ3) is 15.2. The number of rotatable bonds is 10. The third-order valence-corrected chi connectivity index (χ3v) is 5.91. The van der Waals surface area contributed by atoms with Gasteiger partial charge in [0.1, 0.15) is 24.2 Å². The molecule has 0 atom stereocenters. The Bertz CT molecular complexity index is 2030. The number of carbonyl (C=O) groups excluding carboxylic acids is 2. The molecule has 0 bridgehead atoms. The zero-order valence-electron chi connectivity index (χ0n) is 30.6. The second-order valence-electron chi connectivity index (χ2n) is 10.6. The number of phenols is 1. The van der Waals surface area contributed by atoms with Crippen LogP contribution in [0.1, 0.15) is 38.2 Å². The monoisotopic (exact) mass is 746 g/mol. The summed E-state index contributed by atoms with van der Waals surface area (Å²) < 4.78 is 23.3. The molecule has 0 amide bonds. The molecule has 0 aliphatic carbocycles. The van der Waals surface area contributed by atoms with Crippen LogP contribution in [0.15, 0.2) is 70.7 Å². The van der Waals surface area contributed by atoms with Crippen molar-refractivity contribution in [2.24, 2.45) is 5.92 Å². The number of hydrogen-bond donors (Lipinski definition) is 1. The first-order chi connectivity index (χ1) is 24.6. The van der Waals surface area contributed by atoms with E-state index in [1.165, 1.54) is 22.2 Å². The van der Waals surface area contributed by atoms with Gasteiger partial charge in [0.25, 0.3) is 6.47 Å². The number of ether oxygens (including phenoxy) is 2. The van der Waals surface area contributed by atoms with Gasteiger partial charge < -0.3 is 35.0 Å². The molecule has 0 aliphatic rings. The SMILES string of the molecule is Cc1cc(O)cc(-c2ncn(/C=C\c3nnco3)n2)c1.Cc1cc(OC(=O)OCC(C)C)cc(-c2ncn(/C=C\c3nnco3)n2)c1.O=CO[O-].[H-].[Na+].[Na+]. The molecular formula is C32H32N10Na2O9. The average Bonchev–Trinajstić information content (AvgIpc) is 3.94. The molecule has 2 aromatic carbocycles. The summed E-state index contributed by atoms with van der Waals surface area (Å²) >= 11 is 0. The molecule has 1 N–H and O–H groups in total. The zero-order valence-corrected chi connectivity index (χ0v) is 33.6. The Morgan fingerprint density at radius 2 is 1.38 bits per heavy atom. The number of aromatic nitrogens is 10. The van der Waals surface area contributed by atoms with Crippen LogP contribution in [-0.4, -0.2) is 74.3 Å². The molecule has 4 heterocycles. The minimum absolute atomic E-state index is 0. The Labute approximate surface area is 347 Å². The first-order valence-electron chi connectivity index (χ1n) is 14.8. The summed E-state index contributed by atoms with van der Waals surface area (Å²) in [7, 11) is 0. The molecule has 6 rings (SSSR count). The van der Waals surface area contributed by atoms with Gasteiger partial charge in [0.2, 0.25) is 24.6 Å². The maximum absolute atomic E-state index is 11.8. The summed E-state index contributed by atoms with van der Waals surface area (Å²) in [4.78, 5) is 31.5. The Balaban J connectivity index is 0.000000481. The number of hydrogen-bond acceptors (Lipinski definition) is 17.